The first kappa shape index (κ1) is 14.6. The number of aromatic amines is 1. The summed E-state index contributed by atoms with van der Waals surface area (Å²) >= 11 is 1.35. The van der Waals surface area contributed by atoms with E-state index >= 15 is 0 Å². The smallest absolute Gasteiger partial charge is 0.306 e. The van der Waals surface area contributed by atoms with Crippen LogP contribution in [0.5, 0.6) is 0 Å². The molecule has 2 rings (SSSR count). The topological polar surface area (TPSA) is 72.1 Å². The number of nitrogens with zero attached hydrogens (tertiary/aromatic N) is 1. The summed E-state index contributed by atoms with van der Waals surface area (Å²) in [5.74, 6) is -0.00253. The second-order valence-corrected chi connectivity index (χ2v) is 5.16. The summed E-state index contributed by atoms with van der Waals surface area (Å²) in [5, 5.41) is 0.718. The number of imidazole rings is 1. The van der Waals surface area contributed by atoms with Gasteiger partial charge in [-0.1, -0.05) is 23.9 Å². The molecule has 0 saturated heterocycles. The average Bonchev–Trinajstić information content (AvgIpc) is 2.86. The van der Waals surface area contributed by atoms with Gasteiger partial charge in [0.05, 0.1) is 29.8 Å². The van der Waals surface area contributed by atoms with Gasteiger partial charge in [0, 0.05) is 6.42 Å². The van der Waals surface area contributed by atoms with Crippen LogP contribution in [0.4, 0.5) is 0 Å². The van der Waals surface area contributed by atoms with Gasteiger partial charge in [-0.3, -0.25) is 9.59 Å². The van der Waals surface area contributed by atoms with Crippen molar-refractivity contribution in [3.05, 3.63) is 24.3 Å². The molecule has 1 aromatic carbocycles. The van der Waals surface area contributed by atoms with Crippen molar-refractivity contribution >= 4 is 34.5 Å². The molecule has 2 aromatic rings. The highest BCUT2D eigenvalue weighted by molar-refractivity contribution is 7.99. The molecule has 0 aliphatic heterocycles. The van der Waals surface area contributed by atoms with E-state index in [1.165, 1.54) is 11.8 Å². The molecule has 0 aliphatic carbocycles. The van der Waals surface area contributed by atoms with Gasteiger partial charge in [0.1, 0.15) is 5.78 Å². The summed E-state index contributed by atoms with van der Waals surface area (Å²) in [4.78, 5) is 30.3. The van der Waals surface area contributed by atoms with Crippen LogP contribution in [0.25, 0.3) is 11.0 Å². The van der Waals surface area contributed by atoms with Crippen molar-refractivity contribution in [3.63, 3.8) is 0 Å². The van der Waals surface area contributed by atoms with Gasteiger partial charge in [-0.25, -0.2) is 4.98 Å². The van der Waals surface area contributed by atoms with Crippen molar-refractivity contribution in [1.82, 2.24) is 9.97 Å². The Kier molecular flexibility index (Phi) is 5.17. The summed E-state index contributed by atoms with van der Waals surface area (Å²) in [6.45, 7) is 2.10. The number of hydrogen-bond donors (Lipinski definition) is 1. The van der Waals surface area contributed by atoms with E-state index in [0.717, 1.165) is 16.2 Å². The lowest BCUT2D eigenvalue weighted by Crippen LogP contribution is -2.09. The number of aromatic nitrogens is 2. The SMILES string of the molecule is CCOC(=O)CCC(=O)CSc1nc2ccccc2[nH]1. The minimum absolute atomic E-state index is 0.0171. The zero-order chi connectivity index (χ0) is 14.4. The Balaban J connectivity index is 1.79. The maximum atomic E-state index is 11.7. The average molecular weight is 292 g/mol. The number of ketones is 1. The Morgan fingerprint density at radius 3 is 2.85 bits per heavy atom. The van der Waals surface area contributed by atoms with Crippen molar-refractivity contribution in [2.75, 3.05) is 12.4 Å². The summed E-state index contributed by atoms with van der Waals surface area (Å²) in [7, 11) is 0. The van der Waals surface area contributed by atoms with Crippen molar-refractivity contribution < 1.29 is 14.3 Å². The number of H-pyrrole nitrogens is 1. The van der Waals surface area contributed by atoms with Crippen LogP contribution >= 0.6 is 11.8 Å². The Hall–Kier alpha value is -1.82. The lowest BCUT2D eigenvalue weighted by atomic mass is 10.2. The van der Waals surface area contributed by atoms with Crippen LogP contribution in [0.2, 0.25) is 0 Å². The molecule has 1 heterocycles. The van der Waals surface area contributed by atoms with Gasteiger partial charge in [-0.15, -0.1) is 0 Å². The third kappa shape index (κ3) is 4.09. The van der Waals surface area contributed by atoms with E-state index in [4.69, 9.17) is 4.74 Å². The van der Waals surface area contributed by atoms with E-state index in [0.29, 0.717) is 12.4 Å². The fourth-order valence-electron chi connectivity index (χ4n) is 1.69. The highest BCUT2D eigenvalue weighted by Crippen LogP contribution is 2.19. The zero-order valence-corrected chi connectivity index (χ0v) is 12.0. The quantitative estimate of drug-likeness (QED) is 0.627. The molecule has 0 unspecified atom stereocenters. The molecule has 0 bridgehead atoms. The lowest BCUT2D eigenvalue weighted by molar-refractivity contribution is -0.144. The summed E-state index contributed by atoms with van der Waals surface area (Å²) in [6, 6.07) is 7.70. The molecule has 106 valence electrons. The number of ether oxygens (including phenoxy) is 1. The van der Waals surface area contributed by atoms with Crippen molar-refractivity contribution in [2.24, 2.45) is 0 Å². The van der Waals surface area contributed by atoms with Crippen LogP contribution in [0.1, 0.15) is 19.8 Å². The van der Waals surface area contributed by atoms with Gasteiger partial charge in [-0.05, 0) is 19.1 Å². The van der Waals surface area contributed by atoms with E-state index < -0.39 is 0 Å². The first-order chi connectivity index (χ1) is 9.69. The number of benzene rings is 1. The standard InChI is InChI=1S/C14H16N2O3S/c1-2-19-13(18)8-7-10(17)9-20-14-15-11-5-3-4-6-12(11)16-14/h3-6H,2,7-9H2,1H3,(H,15,16). The molecule has 5 nitrogen and oxygen atoms in total. The summed E-state index contributed by atoms with van der Waals surface area (Å²) < 4.78 is 4.78. The number of carbonyl (C=O) groups is 2. The van der Waals surface area contributed by atoms with Crippen LogP contribution in [0.3, 0.4) is 0 Å². The number of rotatable bonds is 7. The molecule has 0 saturated carbocycles. The van der Waals surface area contributed by atoms with Gasteiger partial charge in [0.2, 0.25) is 0 Å². The number of nitrogens with one attached hydrogen (secondary N) is 1. The van der Waals surface area contributed by atoms with Gasteiger partial charge in [0.25, 0.3) is 0 Å². The molecule has 6 heteroatoms. The van der Waals surface area contributed by atoms with Crippen LogP contribution in [-0.2, 0) is 14.3 Å². The first-order valence-electron chi connectivity index (χ1n) is 6.44. The van der Waals surface area contributed by atoms with Crippen LogP contribution in [0, 0.1) is 0 Å². The number of carbonyl (C=O) groups excluding carboxylic acids is 2. The summed E-state index contributed by atoms with van der Waals surface area (Å²) in [6.07, 6.45) is 0.361. The van der Waals surface area contributed by atoms with Crippen LogP contribution in [-0.4, -0.2) is 34.1 Å². The minimum atomic E-state index is -0.324. The largest absolute Gasteiger partial charge is 0.466 e. The predicted molar refractivity (Wildman–Crippen MR) is 77.7 cm³/mol. The fraction of sp³-hybridized carbons (Fsp3) is 0.357. The van der Waals surface area contributed by atoms with Crippen molar-refractivity contribution in [2.45, 2.75) is 24.9 Å². The highest BCUT2D eigenvalue weighted by Gasteiger charge is 2.10. The molecule has 1 N–H and O–H groups in total. The molecule has 0 radical (unpaired) electrons. The second-order valence-electron chi connectivity index (χ2n) is 4.19. The Labute approximate surface area is 121 Å². The van der Waals surface area contributed by atoms with E-state index in [-0.39, 0.29) is 24.6 Å². The Bertz CT molecular complexity index is 576. The molecular formula is C14H16N2O3S. The molecule has 0 amide bonds. The fourth-order valence-corrected chi connectivity index (χ4v) is 2.48. The van der Waals surface area contributed by atoms with E-state index in [2.05, 4.69) is 9.97 Å². The molecular weight excluding hydrogens is 276 g/mol. The number of Topliss-reactive ketones (excluding diaryl/α,β-unsaturated/α-hetero) is 1. The number of para-hydroxylation sites is 2. The number of thioether (sulfide) groups is 1. The number of hydrogen-bond acceptors (Lipinski definition) is 5. The third-order valence-corrected chi connectivity index (χ3v) is 3.58. The van der Waals surface area contributed by atoms with E-state index in [1.807, 2.05) is 24.3 Å². The molecule has 1 aromatic heterocycles. The van der Waals surface area contributed by atoms with E-state index in [9.17, 15) is 9.59 Å². The third-order valence-electron chi connectivity index (χ3n) is 2.65. The lowest BCUT2D eigenvalue weighted by Gasteiger charge is -2.00. The number of esters is 1. The second kappa shape index (κ2) is 7.09. The van der Waals surface area contributed by atoms with E-state index in [1.54, 1.807) is 6.92 Å². The molecule has 0 fully saturated rings. The van der Waals surface area contributed by atoms with Crippen LogP contribution in [0.15, 0.2) is 29.4 Å². The number of fused-ring (bicyclic) bond motifs is 1. The van der Waals surface area contributed by atoms with Crippen molar-refractivity contribution in [1.29, 1.82) is 0 Å². The molecule has 20 heavy (non-hydrogen) atoms. The maximum Gasteiger partial charge on any atom is 0.306 e. The maximum absolute atomic E-state index is 11.7. The van der Waals surface area contributed by atoms with Gasteiger partial charge >= 0.3 is 5.97 Å². The zero-order valence-electron chi connectivity index (χ0n) is 11.2. The molecule has 0 atom stereocenters. The summed E-state index contributed by atoms with van der Waals surface area (Å²) in [5.41, 5.74) is 1.84. The Morgan fingerprint density at radius 1 is 1.30 bits per heavy atom. The minimum Gasteiger partial charge on any atom is -0.466 e. The molecule has 0 spiro atoms. The van der Waals surface area contributed by atoms with Gasteiger partial charge in [-0.2, -0.15) is 0 Å². The van der Waals surface area contributed by atoms with Gasteiger partial charge < -0.3 is 9.72 Å². The highest BCUT2D eigenvalue weighted by atomic mass is 32.2. The normalized spacial score (nSPS) is 10.7. The monoisotopic (exact) mass is 292 g/mol. The predicted octanol–water partition coefficient (Wildman–Crippen LogP) is 2.57. The molecule has 0 aliphatic rings. The van der Waals surface area contributed by atoms with Gasteiger partial charge in [0.15, 0.2) is 5.16 Å². The van der Waals surface area contributed by atoms with Crippen molar-refractivity contribution in [3.8, 4) is 0 Å². The Morgan fingerprint density at radius 2 is 2.10 bits per heavy atom. The van der Waals surface area contributed by atoms with Crippen LogP contribution < -0.4 is 0 Å². The first-order valence-corrected chi connectivity index (χ1v) is 7.42.